The van der Waals surface area contributed by atoms with Crippen molar-refractivity contribution >= 4 is 0 Å². The second-order valence-corrected chi connectivity index (χ2v) is 14.5. The van der Waals surface area contributed by atoms with Crippen LogP contribution in [-0.4, -0.2) is 59.8 Å². The minimum Gasteiger partial charge on any atom is -0.393 e. The maximum atomic E-state index is 10.3. The lowest BCUT2D eigenvalue weighted by atomic mass is 9.47. The summed E-state index contributed by atoms with van der Waals surface area (Å²) in [4.78, 5) is 5.67. The van der Waals surface area contributed by atoms with Crippen molar-refractivity contribution in [2.45, 2.75) is 116 Å². The van der Waals surface area contributed by atoms with Gasteiger partial charge < -0.3 is 14.9 Å². The van der Waals surface area contributed by atoms with E-state index < -0.39 is 0 Å². The van der Waals surface area contributed by atoms with Crippen LogP contribution in [0.15, 0.2) is 11.6 Å². The number of aliphatic hydroxyl groups is 1. The van der Waals surface area contributed by atoms with Gasteiger partial charge in [-0.15, -0.1) is 0 Å². The molecule has 198 valence electrons. The van der Waals surface area contributed by atoms with Gasteiger partial charge in [0.15, 0.2) is 0 Å². The van der Waals surface area contributed by atoms with Crippen molar-refractivity contribution in [3.63, 3.8) is 0 Å². The summed E-state index contributed by atoms with van der Waals surface area (Å²) in [5.74, 6) is 4.45. The topological polar surface area (TPSA) is 26.7 Å². The van der Waals surface area contributed by atoms with Crippen molar-refractivity contribution in [2.75, 3.05) is 32.7 Å². The Morgan fingerprint density at radius 1 is 0.914 bits per heavy atom. The van der Waals surface area contributed by atoms with Crippen molar-refractivity contribution in [1.29, 1.82) is 0 Å². The lowest BCUT2D eigenvalue weighted by molar-refractivity contribution is -0.0591. The first-order valence-corrected chi connectivity index (χ1v) is 15.7. The van der Waals surface area contributed by atoms with Gasteiger partial charge in [-0.1, -0.05) is 38.8 Å². The molecule has 1 N–H and O–H groups in total. The molecule has 5 fully saturated rings. The van der Waals surface area contributed by atoms with Crippen LogP contribution in [0.4, 0.5) is 0 Å². The molecule has 0 bridgehead atoms. The standard InChI is InChI=1S/C32H54N2O/c1-23(22-33-19-13-25(14-20-33)34-17-5-4-6-18-34)28-9-10-29-27-8-7-24-21-26(35)11-15-31(24,2)30(27)12-16-32(28,29)3/h7,23,25-30,35H,4-6,8-22H2,1-3H3/t23-,26+,27+,28-,29+,30+,31+,32-/m1/s1. The maximum absolute atomic E-state index is 10.3. The van der Waals surface area contributed by atoms with E-state index in [9.17, 15) is 5.11 Å². The maximum Gasteiger partial charge on any atom is 0.0577 e. The van der Waals surface area contributed by atoms with E-state index in [1.54, 1.807) is 5.57 Å². The summed E-state index contributed by atoms with van der Waals surface area (Å²) in [5, 5.41) is 10.3. The Hall–Kier alpha value is -0.380. The summed E-state index contributed by atoms with van der Waals surface area (Å²) in [6, 6.07) is 0.872. The fourth-order valence-electron chi connectivity index (χ4n) is 10.9. The molecule has 0 unspecified atom stereocenters. The van der Waals surface area contributed by atoms with E-state index in [4.69, 9.17) is 0 Å². The second-order valence-electron chi connectivity index (χ2n) is 14.5. The highest BCUT2D eigenvalue weighted by Gasteiger charge is 2.59. The number of fused-ring (bicyclic) bond motifs is 5. The van der Waals surface area contributed by atoms with Crippen LogP contribution in [0.25, 0.3) is 0 Å². The number of rotatable bonds is 4. The van der Waals surface area contributed by atoms with Gasteiger partial charge in [0.1, 0.15) is 0 Å². The number of allylic oxidation sites excluding steroid dienone is 1. The predicted molar refractivity (Wildman–Crippen MR) is 145 cm³/mol. The van der Waals surface area contributed by atoms with Crippen LogP contribution in [0.2, 0.25) is 0 Å². The normalized spacial score (nSPS) is 46.4. The number of likely N-dealkylation sites (tertiary alicyclic amines) is 2. The molecule has 35 heavy (non-hydrogen) atoms. The third-order valence-corrected chi connectivity index (χ3v) is 12.8. The molecule has 3 heteroatoms. The summed E-state index contributed by atoms with van der Waals surface area (Å²) >= 11 is 0. The molecule has 0 aromatic rings. The van der Waals surface area contributed by atoms with Crippen LogP contribution in [0.3, 0.4) is 0 Å². The monoisotopic (exact) mass is 482 g/mol. The lowest BCUT2D eigenvalue weighted by Gasteiger charge is -2.58. The average Bonchev–Trinajstić information content (AvgIpc) is 3.23. The Morgan fingerprint density at radius 3 is 2.46 bits per heavy atom. The number of aliphatic hydroxyl groups excluding tert-OH is 1. The summed E-state index contributed by atoms with van der Waals surface area (Å²) in [5.41, 5.74) is 2.56. The molecule has 2 saturated heterocycles. The zero-order chi connectivity index (χ0) is 24.2. The molecule has 3 nitrogen and oxygen atoms in total. The van der Waals surface area contributed by atoms with Gasteiger partial charge in [0, 0.05) is 12.6 Å². The highest BCUT2D eigenvalue weighted by Crippen LogP contribution is 2.67. The zero-order valence-electron chi connectivity index (χ0n) is 23.2. The van der Waals surface area contributed by atoms with Gasteiger partial charge in [0.25, 0.3) is 0 Å². The lowest BCUT2D eigenvalue weighted by Crippen LogP contribution is -2.51. The van der Waals surface area contributed by atoms with Gasteiger partial charge in [-0.05, 0) is 144 Å². The van der Waals surface area contributed by atoms with E-state index in [2.05, 4.69) is 36.6 Å². The minimum atomic E-state index is -0.0821. The molecule has 2 heterocycles. The molecule has 0 radical (unpaired) electrons. The van der Waals surface area contributed by atoms with Gasteiger partial charge in [-0.25, -0.2) is 0 Å². The van der Waals surface area contributed by atoms with Gasteiger partial charge in [-0.3, -0.25) is 0 Å². The van der Waals surface area contributed by atoms with Crippen LogP contribution >= 0.6 is 0 Å². The second kappa shape index (κ2) is 9.73. The van der Waals surface area contributed by atoms with Crippen molar-refractivity contribution in [3.8, 4) is 0 Å². The van der Waals surface area contributed by atoms with Gasteiger partial charge in [-0.2, -0.15) is 0 Å². The number of nitrogens with zero attached hydrogens (tertiary/aromatic N) is 2. The van der Waals surface area contributed by atoms with Crippen LogP contribution in [-0.2, 0) is 0 Å². The molecule has 2 aliphatic heterocycles. The molecule has 8 atom stereocenters. The van der Waals surface area contributed by atoms with Crippen molar-refractivity contribution in [1.82, 2.24) is 9.80 Å². The molecule has 3 saturated carbocycles. The minimum absolute atomic E-state index is 0.0821. The zero-order valence-corrected chi connectivity index (χ0v) is 23.2. The Kier molecular flexibility index (Phi) is 6.93. The molecular weight excluding hydrogens is 428 g/mol. The van der Waals surface area contributed by atoms with Crippen molar-refractivity contribution < 1.29 is 5.11 Å². The molecule has 6 aliphatic rings. The molecule has 0 aromatic heterocycles. The van der Waals surface area contributed by atoms with Gasteiger partial charge in [0.2, 0.25) is 0 Å². The summed E-state index contributed by atoms with van der Waals surface area (Å²) in [6.45, 7) is 14.6. The van der Waals surface area contributed by atoms with Gasteiger partial charge in [0.05, 0.1) is 6.10 Å². The van der Waals surface area contributed by atoms with Crippen molar-refractivity contribution in [3.05, 3.63) is 11.6 Å². The predicted octanol–water partition coefficient (Wildman–Crippen LogP) is 6.51. The van der Waals surface area contributed by atoms with Crippen LogP contribution in [0.5, 0.6) is 0 Å². The molecule has 0 spiro atoms. The first kappa shape index (κ1) is 24.9. The first-order valence-electron chi connectivity index (χ1n) is 15.7. The molecular formula is C32H54N2O. The van der Waals surface area contributed by atoms with Crippen LogP contribution < -0.4 is 0 Å². The third-order valence-electron chi connectivity index (χ3n) is 12.8. The summed E-state index contributed by atoms with van der Waals surface area (Å²) in [7, 11) is 0. The smallest absolute Gasteiger partial charge is 0.0577 e. The van der Waals surface area contributed by atoms with Crippen LogP contribution in [0.1, 0.15) is 104 Å². The molecule has 6 rings (SSSR count). The van der Waals surface area contributed by atoms with E-state index >= 15 is 0 Å². The molecule has 4 aliphatic carbocycles. The highest BCUT2D eigenvalue weighted by atomic mass is 16.3. The molecule has 0 amide bonds. The van der Waals surface area contributed by atoms with E-state index in [1.807, 2.05) is 0 Å². The number of piperidine rings is 2. The Bertz CT molecular complexity index is 780. The number of hydrogen-bond donors (Lipinski definition) is 1. The Labute approximate surface area is 216 Å². The highest BCUT2D eigenvalue weighted by molar-refractivity contribution is 5.25. The fourth-order valence-corrected chi connectivity index (χ4v) is 10.9. The largest absolute Gasteiger partial charge is 0.393 e. The molecule has 0 aromatic carbocycles. The van der Waals surface area contributed by atoms with Crippen LogP contribution in [0, 0.1) is 40.4 Å². The number of hydrogen-bond acceptors (Lipinski definition) is 3. The third kappa shape index (κ3) is 4.38. The quantitative estimate of drug-likeness (QED) is 0.463. The van der Waals surface area contributed by atoms with E-state index in [0.717, 1.165) is 48.5 Å². The first-order chi connectivity index (χ1) is 16.9. The van der Waals surface area contributed by atoms with E-state index in [1.165, 1.54) is 103 Å². The summed E-state index contributed by atoms with van der Waals surface area (Å²) in [6.07, 6.45) is 20.0. The van der Waals surface area contributed by atoms with E-state index in [-0.39, 0.29) is 6.10 Å². The SMILES string of the molecule is C[C@H](CN1CCC(N2CCCCC2)CC1)[C@H]1CC[C@H]2[C@@H]3CC=C4C[C@@H](O)CC[C@]4(C)[C@H]3CC[C@]12C. The fraction of sp³-hybridized carbons (Fsp3) is 0.938. The Morgan fingerprint density at radius 2 is 1.69 bits per heavy atom. The van der Waals surface area contributed by atoms with Gasteiger partial charge >= 0.3 is 0 Å². The summed E-state index contributed by atoms with van der Waals surface area (Å²) < 4.78 is 0. The average molecular weight is 483 g/mol. The van der Waals surface area contributed by atoms with E-state index in [0.29, 0.717) is 10.8 Å². The Balaban J connectivity index is 1.08. The van der Waals surface area contributed by atoms with Crippen molar-refractivity contribution in [2.24, 2.45) is 40.4 Å².